The standard InChI is InChI=1S/C32H20F3N/c33-32(34,35)29-16-14-22(15-17-29)26-11-13-27-19-25(10-12-28(27)20-26)21-6-8-23(9-7-21)30-5-1-3-24-4-2-18-36-31(24)30/h1-20H. The first-order chi connectivity index (χ1) is 17.5. The number of pyridine rings is 1. The van der Waals surface area contributed by atoms with E-state index in [9.17, 15) is 13.2 Å². The highest BCUT2D eigenvalue weighted by atomic mass is 19.4. The van der Waals surface area contributed by atoms with E-state index in [0.29, 0.717) is 0 Å². The highest BCUT2D eigenvalue weighted by Gasteiger charge is 2.29. The van der Waals surface area contributed by atoms with E-state index in [1.165, 1.54) is 12.1 Å². The van der Waals surface area contributed by atoms with Gasteiger partial charge in [0.25, 0.3) is 0 Å². The molecule has 0 aliphatic carbocycles. The number of nitrogens with zero attached hydrogens (tertiary/aromatic N) is 1. The molecule has 0 saturated heterocycles. The summed E-state index contributed by atoms with van der Waals surface area (Å²) in [4.78, 5) is 4.57. The van der Waals surface area contributed by atoms with Crippen molar-refractivity contribution in [1.82, 2.24) is 4.98 Å². The third-order valence-corrected chi connectivity index (χ3v) is 6.55. The van der Waals surface area contributed by atoms with Gasteiger partial charge >= 0.3 is 6.18 Å². The SMILES string of the molecule is FC(F)(F)c1ccc(-c2ccc3cc(-c4ccc(-c5cccc6cccnc56)cc4)ccc3c2)cc1. The molecule has 0 bridgehead atoms. The maximum absolute atomic E-state index is 12.9. The van der Waals surface area contributed by atoms with Crippen molar-refractivity contribution in [1.29, 1.82) is 0 Å². The van der Waals surface area contributed by atoms with Gasteiger partial charge in [-0.15, -0.1) is 0 Å². The Morgan fingerprint density at radius 3 is 1.61 bits per heavy atom. The Morgan fingerprint density at radius 1 is 0.472 bits per heavy atom. The lowest BCUT2D eigenvalue weighted by atomic mass is 9.96. The normalized spacial score (nSPS) is 11.8. The minimum absolute atomic E-state index is 0.639. The molecule has 1 nitrogen and oxygen atoms in total. The smallest absolute Gasteiger partial charge is 0.256 e. The molecule has 1 aromatic heterocycles. The van der Waals surface area contributed by atoms with E-state index >= 15 is 0 Å². The van der Waals surface area contributed by atoms with Gasteiger partial charge in [-0.1, -0.05) is 84.9 Å². The van der Waals surface area contributed by atoms with Crippen molar-refractivity contribution in [2.75, 3.05) is 0 Å². The lowest BCUT2D eigenvalue weighted by Gasteiger charge is -2.10. The number of hydrogen-bond donors (Lipinski definition) is 0. The summed E-state index contributed by atoms with van der Waals surface area (Å²) in [5.41, 5.74) is 6.43. The molecule has 36 heavy (non-hydrogen) atoms. The van der Waals surface area contributed by atoms with Crippen molar-refractivity contribution >= 4 is 21.7 Å². The predicted molar refractivity (Wildman–Crippen MR) is 141 cm³/mol. The average Bonchev–Trinajstić information content (AvgIpc) is 2.92. The van der Waals surface area contributed by atoms with E-state index in [2.05, 4.69) is 71.7 Å². The molecule has 0 fully saturated rings. The molecule has 0 aliphatic rings. The van der Waals surface area contributed by atoms with Crippen LogP contribution in [0, 0.1) is 0 Å². The molecule has 6 aromatic rings. The number of rotatable bonds is 3. The Labute approximate surface area is 206 Å². The van der Waals surface area contributed by atoms with Gasteiger partial charge in [-0.25, -0.2) is 0 Å². The van der Waals surface area contributed by atoms with Crippen LogP contribution in [-0.2, 0) is 6.18 Å². The number of alkyl halides is 3. The zero-order chi connectivity index (χ0) is 24.7. The summed E-state index contributed by atoms with van der Waals surface area (Å²) in [6, 6.07) is 36.2. The molecule has 0 aliphatic heterocycles. The summed E-state index contributed by atoms with van der Waals surface area (Å²) >= 11 is 0. The Kier molecular flexibility index (Phi) is 5.30. The monoisotopic (exact) mass is 475 g/mol. The molecule has 0 unspecified atom stereocenters. The third kappa shape index (κ3) is 4.11. The first-order valence-corrected chi connectivity index (χ1v) is 11.6. The van der Waals surface area contributed by atoms with Crippen molar-refractivity contribution < 1.29 is 13.2 Å². The molecule has 0 saturated carbocycles. The van der Waals surface area contributed by atoms with Gasteiger partial charge < -0.3 is 0 Å². The van der Waals surface area contributed by atoms with Crippen molar-refractivity contribution in [3.8, 4) is 33.4 Å². The minimum Gasteiger partial charge on any atom is -0.256 e. The lowest BCUT2D eigenvalue weighted by molar-refractivity contribution is -0.137. The van der Waals surface area contributed by atoms with Crippen LogP contribution in [0.15, 0.2) is 121 Å². The van der Waals surface area contributed by atoms with Gasteiger partial charge in [0.05, 0.1) is 11.1 Å². The van der Waals surface area contributed by atoms with Crippen LogP contribution >= 0.6 is 0 Å². The molecular formula is C32H20F3N. The molecule has 0 radical (unpaired) electrons. The summed E-state index contributed by atoms with van der Waals surface area (Å²) in [7, 11) is 0. The fraction of sp³-hybridized carbons (Fsp3) is 0.0312. The second-order valence-electron chi connectivity index (χ2n) is 8.81. The largest absolute Gasteiger partial charge is 0.416 e. The van der Waals surface area contributed by atoms with Crippen LogP contribution < -0.4 is 0 Å². The van der Waals surface area contributed by atoms with E-state index in [1.807, 2.05) is 30.5 Å². The van der Waals surface area contributed by atoms with Gasteiger partial charge in [0.15, 0.2) is 0 Å². The van der Waals surface area contributed by atoms with Gasteiger partial charge in [-0.3, -0.25) is 4.98 Å². The Hall–Kier alpha value is -4.44. The van der Waals surface area contributed by atoms with Crippen LogP contribution in [0.25, 0.3) is 55.1 Å². The fourth-order valence-corrected chi connectivity index (χ4v) is 4.64. The van der Waals surface area contributed by atoms with Crippen molar-refractivity contribution in [3.05, 3.63) is 127 Å². The molecule has 0 atom stereocenters. The summed E-state index contributed by atoms with van der Waals surface area (Å²) < 4.78 is 38.6. The summed E-state index contributed by atoms with van der Waals surface area (Å²) in [6.45, 7) is 0. The second kappa shape index (κ2) is 8.65. The van der Waals surface area contributed by atoms with Crippen molar-refractivity contribution in [3.63, 3.8) is 0 Å². The lowest BCUT2D eigenvalue weighted by Crippen LogP contribution is -2.03. The molecule has 174 valence electrons. The number of aromatic nitrogens is 1. The van der Waals surface area contributed by atoms with Crippen molar-refractivity contribution in [2.24, 2.45) is 0 Å². The zero-order valence-corrected chi connectivity index (χ0v) is 19.1. The number of fused-ring (bicyclic) bond motifs is 2. The van der Waals surface area contributed by atoms with Crippen molar-refractivity contribution in [2.45, 2.75) is 6.18 Å². The molecule has 6 rings (SSSR count). The number of halogens is 3. The third-order valence-electron chi connectivity index (χ3n) is 6.55. The van der Waals surface area contributed by atoms with Crippen LogP contribution in [0.4, 0.5) is 13.2 Å². The fourth-order valence-electron chi connectivity index (χ4n) is 4.64. The van der Waals surface area contributed by atoms with E-state index < -0.39 is 11.7 Å². The zero-order valence-electron chi connectivity index (χ0n) is 19.1. The van der Waals surface area contributed by atoms with Gasteiger partial charge in [-0.2, -0.15) is 13.2 Å². The maximum Gasteiger partial charge on any atom is 0.416 e. The average molecular weight is 476 g/mol. The first-order valence-electron chi connectivity index (χ1n) is 11.6. The van der Waals surface area contributed by atoms with E-state index in [0.717, 1.165) is 67.2 Å². The van der Waals surface area contributed by atoms with Crippen LogP contribution in [0.5, 0.6) is 0 Å². The van der Waals surface area contributed by atoms with Gasteiger partial charge in [0.1, 0.15) is 0 Å². The van der Waals surface area contributed by atoms with E-state index in [1.54, 1.807) is 0 Å². The molecule has 0 N–H and O–H groups in total. The first kappa shape index (κ1) is 22.1. The highest BCUT2D eigenvalue weighted by Crippen LogP contribution is 2.33. The van der Waals surface area contributed by atoms with E-state index in [-0.39, 0.29) is 0 Å². The summed E-state index contributed by atoms with van der Waals surface area (Å²) in [6.07, 6.45) is -2.51. The van der Waals surface area contributed by atoms with Gasteiger partial charge in [0.2, 0.25) is 0 Å². The van der Waals surface area contributed by atoms with Gasteiger partial charge in [-0.05, 0) is 68.9 Å². The quantitative estimate of drug-likeness (QED) is 0.248. The summed E-state index contributed by atoms with van der Waals surface area (Å²) in [5, 5.41) is 3.23. The highest BCUT2D eigenvalue weighted by molar-refractivity contribution is 5.94. The molecule has 1 heterocycles. The van der Waals surface area contributed by atoms with Crippen LogP contribution in [0.2, 0.25) is 0 Å². The molecule has 0 spiro atoms. The topological polar surface area (TPSA) is 12.9 Å². The Balaban J connectivity index is 1.29. The molecule has 0 amide bonds. The molecular weight excluding hydrogens is 455 g/mol. The Morgan fingerprint density at radius 2 is 1.00 bits per heavy atom. The second-order valence-corrected chi connectivity index (χ2v) is 8.81. The maximum atomic E-state index is 12.9. The van der Waals surface area contributed by atoms with E-state index in [4.69, 9.17) is 0 Å². The minimum atomic E-state index is -4.33. The summed E-state index contributed by atoms with van der Waals surface area (Å²) in [5.74, 6) is 0. The van der Waals surface area contributed by atoms with Crippen LogP contribution in [-0.4, -0.2) is 4.98 Å². The van der Waals surface area contributed by atoms with Crippen LogP contribution in [0.3, 0.4) is 0 Å². The van der Waals surface area contributed by atoms with Crippen LogP contribution in [0.1, 0.15) is 5.56 Å². The number of hydrogen-bond acceptors (Lipinski definition) is 1. The molecule has 4 heteroatoms. The van der Waals surface area contributed by atoms with Gasteiger partial charge in [0, 0.05) is 17.1 Å². The Bertz CT molecular complexity index is 1690. The predicted octanol–water partition coefficient (Wildman–Crippen LogP) is 9.41. The molecule has 5 aromatic carbocycles. The number of para-hydroxylation sites is 1. The number of benzene rings is 5.